The van der Waals surface area contributed by atoms with Gasteiger partial charge in [-0.15, -0.1) is 0 Å². The summed E-state index contributed by atoms with van der Waals surface area (Å²) in [4.78, 5) is 33.0. The zero-order chi connectivity index (χ0) is 13.3. The van der Waals surface area contributed by atoms with Crippen LogP contribution < -0.4 is 0 Å². The fourth-order valence-corrected chi connectivity index (χ4v) is 0.826. The lowest BCUT2D eigenvalue weighted by Crippen LogP contribution is -2.16. The second-order valence-corrected chi connectivity index (χ2v) is 3.15. The minimum Gasteiger partial charge on any atom is -0.466 e. The molecule has 0 heterocycles. The van der Waals surface area contributed by atoms with Crippen molar-refractivity contribution in [2.45, 2.75) is 20.3 Å². The maximum atomic E-state index is 11.1. The summed E-state index contributed by atoms with van der Waals surface area (Å²) in [7, 11) is 1.20. The van der Waals surface area contributed by atoms with E-state index >= 15 is 0 Å². The average Bonchev–Trinajstić information content (AvgIpc) is 2.32. The monoisotopic (exact) mass is 244 g/mol. The van der Waals surface area contributed by atoms with Crippen LogP contribution in [0.4, 0.5) is 0 Å². The van der Waals surface area contributed by atoms with Gasteiger partial charge in [-0.05, 0) is 13.3 Å². The summed E-state index contributed by atoms with van der Waals surface area (Å²) in [5.74, 6) is -2.04. The fourth-order valence-electron chi connectivity index (χ4n) is 0.826. The van der Waals surface area contributed by atoms with Crippen molar-refractivity contribution in [3.8, 4) is 0 Å². The molecule has 0 saturated heterocycles. The molecule has 0 aromatic carbocycles. The van der Waals surface area contributed by atoms with Gasteiger partial charge in [-0.25, -0.2) is 14.4 Å². The maximum Gasteiger partial charge on any atom is 0.344 e. The molecular weight excluding hydrogens is 228 g/mol. The number of hydrogen-bond acceptors (Lipinski definition) is 6. The predicted octanol–water partition coefficient (Wildman–Crippen LogP) is 0.602. The predicted molar refractivity (Wildman–Crippen MR) is 58.0 cm³/mol. The third kappa shape index (κ3) is 7.10. The number of rotatable bonds is 6. The van der Waals surface area contributed by atoms with E-state index < -0.39 is 24.5 Å². The van der Waals surface area contributed by atoms with Crippen molar-refractivity contribution in [3.63, 3.8) is 0 Å². The van der Waals surface area contributed by atoms with E-state index in [1.54, 1.807) is 0 Å². The Morgan fingerprint density at radius 2 is 1.82 bits per heavy atom. The Morgan fingerprint density at radius 3 is 2.35 bits per heavy atom. The van der Waals surface area contributed by atoms with E-state index in [0.29, 0.717) is 6.42 Å². The Bertz CT molecular complexity index is 318. The van der Waals surface area contributed by atoms with Crippen LogP contribution in [0.15, 0.2) is 11.6 Å². The lowest BCUT2D eigenvalue weighted by molar-refractivity contribution is -0.156. The van der Waals surface area contributed by atoms with Crippen LogP contribution in [0.25, 0.3) is 0 Å². The molecule has 0 amide bonds. The zero-order valence-corrected chi connectivity index (χ0v) is 10.1. The number of methoxy groups -OCH3 is 1. The Labute approximate surface area is 99.5 Å². The average molecular weight is 244 g/mol. The lowest BCUT2D eigenvalue weighted by Gasteiger charge is -2.03. The molecule has 0 saturated carbocycles. The molecule has 0 aromatic rings. The van der Waals surface area contributed by atoms with Crippen molar-refractivity contribution in [2.75, 3.05) is 20.3 Å². The molecule has 17 heavy (non-hydrogen) atoms. The van der Waals surface area contributed by atoms with Crippen LogP contribution in [0.3, 0.4) is 0 Å². The number of esters is 3. The molecule has 0 aliphatic carbocycles. The minimum atomic E-state index is -0.790. The highest BCUT2D eigenvalue weighted by Crippen LogP contribution is 1.96. The van der Waals surface area contributed by atoms with Crippen molar-refractivity contribution < 1.29 is 28.6 Å². The summed E-state index contributed by atoms with van der Waals surface area (Å²) in [5.41, 5.74) is 0.0967. The third-order valence-corrected chi connectivity index (χ3v) is 1.64. The molecular formula is C11H16O6. The third-order valence-electron chi connectivity index (χ3n) is 1.64. The second kappa shape index (κ2) is 8.32. The van der Waals surface area contributed by atoms with E-state index in [-0.39, 0.29) is 12.2 Å². The molecule has 0 N–H and O–H groups in total. The SMILES string of the molecule is CCCOC(=O)COC(=O)/C=C(/C)C(=O)OC. The molecule has 0 aliphatic rings. The quantitative estimate of drug-likeness (QED) is 0.387. The van der Waals surface area contributed by atoms with Gasteiger partial charge >= 0.3 is 17.9 Å². The summed E-state index contributed by atoms with van der Waals surface area (Å²) in [6, 6.07) is 0. The first kappa shape index (κ1) is 15.2. The molecule has 6 nitrogen and oxygen atoms in total. The van der Waals surface area contributed by atoms with E-state index in [4.69, 9.17) is 0 Å². The van der Waals surface area contributed by atoms with Crippen molar-refractivity contribution in [1.82, 2.24) is 0 Å². The Hall–Kier alpha value is -1.85. The summed E-state index contributed by atoms with van der Waals surface area (Å²) in [6.45, 7) is 3.07. The van der Waals surface area contributed by atoms with E-state index in [1.807, 2.05) is 6.92 Å². The molecule has 96 valence electrons. The van der Waals surface area contributed by atoms with Crippen LogP contribution in [-0.4, -0.2) is 38.2 Å². The van der Waals surface area contributed by atoms with Crippen LogP contribution in [0.1, 0.15) is 20.3 Å². The molecule has 0 aromatic heterocycles. The maximum absolute atomic E-state index is 11.1. The van der Waals surface area contributed by atoms with Crippen molar-refractivity contribution in [1.29, 1.82) is 0 Å². The van der Waals surface area contributed by atoms with Gasteiger partial charge in [-0.2, -0.15) is 0 Å². The van der Waals surface area contributed by atoms with Gasteiger partial charge in [-0.3, -0.25) is 0 Å². The standard InChI is InChI=1S/C11H16O6/c1-4-5-16-10(13)7-17-9(12)6-8(2)11(14)15-3/h6H,4-5,7H2,1-3H3/b8-6-. The second-order valence-electron chi connectivity index (χ2n) is 3.15. The highest BCUT2D eigenvalue weighted by Gasteiger charge is 2.09. The zero-order valence-electron chi connectivity index (χ0n) is 10.1. The smallest absolute Gasteiger partial charge is 0.344 e. The fraction of sp³-hybridized carbons (Fsp3) is 0.545. The lowest BCUT2D eigenvalue weighted by atomic mass is 10.3. The Balaban J connectivity index is 4.02. The van der Waals surface area contributed by atoms with Crippen LogP contribution in [0.2, 0.25) is 0 Å². The van der Waals surface area contributed by atoms with Gasteiger partial charge in [0.2, 0.25) is 0 Å². The van der Waals surface area contributed by atoms with Gasteiger partial charge in [0, 0.05) is 11.6 Å². The summed E-state index contributed by atoms with van der Waals surface area (Å²) in [5, 5.41) is 0. The molecule has 0 aliphatic heterocycles. The first-order valence-electron chi connectivity index (χ1n) is 5.10. The minimum absolute atomic E-state index is 0.0967. The summed E-state index contributed by atoms with van der Waals surface area (Å²) < 4.78 is 13.6. The Kier molecular flexibility index (Phi) is 7.41. The molecule has 6 heteroatoms. The van der Waals surface area contributed by atoms with E-state index in [0.717, 1.165) is 6.08 Å². The van der Waals surface area contributed by atoms with Gasteiger partial charge in [0.05, 0.1) is 13.7 Å². The summed E-state index contributed by atoms with van der Waals surface area (Å²) >= 11 is 0. The van der Waals surface area contributed by atoms with Gasteiger partial charge in [-0.1, -0.05) is 6.92 Å². The normalized spacial score (nSPS) is 10.6. The first-order chi connectivity index (χ1) is 8.01. The van der Waals surface area contributed by atoms with Crippen LogP contribution >= 0.6 is 0 Å². The van der Waals surface area contributed by atoms with Crippen LogP contribution in [-0.2, 0) is 28.6 Å². The summed E-state index contributed by atoms with van der Waals surface area (Å²) in [6.07, 6.45) is 1.65. The highest BCUT2D eigenvalue weighted by molar-refractivity contribution is 5.96. The molecule has 0 spiro atoms. The molecule has 0 rings (SSSR count). The van der Waals surface area contributed by atoms with E-state index in [9.17, 15) is 14.4 Å². The molecule has 0 unspecified atom stereocenters. The van der Waals surface area contributed by atoms with Gasteiger partial charge in [0.1, 0.15) is 0 Å². The number of carbonyl (C=O) groups is 3. The first-order valence-corrected chi connectivity index (χ1v) is 5.10. The molecule has 0 fully saturated rings. The number of ether oxygens (including phenoxy) is 3. The number of carbonyl (C=O) groups excluding carboxylic acids is 3. The molecule has 0 atom stereocenters. The van der Waals surface area contributed by atoms with Gasteiger partial charge in [0.15, 0.2) is 6.61 Å². The van der Waals surface area contributed by atoms with E-state index in [2.05, 4.69) is 14.2 Å². The molecule has 0 bridgehead atoms. The van der Waals surface area contributed by atoms with Gasteiger partial charge in [0.25, 0.3) is 0 Å². The van der Waals surface area contributed by atoms with Crippen molar-refractivity contribution in [3.05, 3.63) is 11.6 Å². The highest BCUT2D eigenvalue weighted by atomic mass is 16.6. The van der Waals surface area contributed by atoms with Crippen LogP contribution in [0, 0.1) is 0 Å². The van der Waals surface area contributed by atoms with Crippen LogP contribution in [0.5, 0.6) is 0 Å². The largest absolute Gasteiger partial charge is 0.466 e. The molecule has 0 radical (unpaired) electrons. The van der Waals surface area contributed by atoms with Crippen molar-refractivity contribution >= 4 is 17.9 Å². The Morgan fingerprint density at radius 1 is 1.18 bits per heavy atom. The van der Waals surface area contributed by atoms with E-state index in [1.165, 1.54) is 14.0 Å². The van der Waals surface area contributed by atoms with Crippen molar-refractivity contribution in [2.24, 2.45) is 0 Å². The van der Waals surface area contributed by atoms with Gasteiger partial charge < -0.3 is 14.2 Å². The number of hydrogen-bond donors (Lipinski definition) is 0. The topological polar surface area (TPSA) is 78.9 Å².